The first kappa shape index (κ1) is 16.9. The Morgan fingerprint density at radius 2 is 1.89 bits per heavy atom. The van der Waals surface area contributed by atoms with Crippen LogP contribution in [0.2, 0.25) is 0 Å². The summed E-state index contributed by atoms with van der Waals surface area (Å²) in [7, 11) is 6.12. The highest BCUT2D eigenvalue weighted by Gasteiger charge is 2.18. The maximum atomic E-state index is 5.01. The van der Waals surface area contributed by atoms with E-state index < -0.39 is 0 Å². The Labute approximate surface area is 119 Å². The molecule has 0 radical (unpaired) electrons. The number of ether oxygens (including phenoxy) is 1. The van der Waals surface area contributed by atoms with Crippen LogP contribution in [0.15, 0.2) is 0 Å². The summed E-state index contributed by atoms with van der Waals surface area (Å²) < 4.78 is 5.01. The topological polar surface area (TPSA) is 27.7 Å². The van der Waals surface area contributed by atoms with Gasteiger partial charge in [-0.1, -0.05) is 0 Å². The van der Waals surface area contributed by atoms with Gasteiger partial charge in [0.1, 0.15) is 0 Å². The van der Waals surface area contributed by atoms with Gasteiger partial charge in [0, 0.05) is 20.2 Å². The van der Waals surface area contributed by atoms with E-state index in [9.17, 15) is 0 Å². The van der Waals surface area contributed by atoms with Crippen LogP contribution in [0.25, 0.3) is 0 Å². The summed E-state index contributed by atoms with van der Waals surface area (Å²) in [5, 5.41) is 3.40. The van der Waals surface area contributed by atoms with Crippen molar-refractivity contribution in [2.75, 3.05) is 67.1 Å². The molecule has 0 aromatic rings. The van der Waals surface area contributed by atoms with Gasteiger partial charge in [0.2, 0.25) is 0 Å². The van der Waals surface area contributed by atoms with E-state index in [0.29, 0.717) is 0 Å². The first-order valence-electron chi connectivity index (χ1n) is 7.79. The lowest BCUT2D eigenvalue weighted by atomic mass is 9.96. The van der Waals surface area contributed by atoms with Gasteiger partial charge in [0.15, 0.2) is 0 Å². The molecular formula is C15H33N3O. The van der Waals surface area contributed by atoms with Crippen LogP contribution in [-0.2, 0) is 4.74 Å². The van der Waals surface area contributed by atoms with Crippen LogP contribution in [0.1, 0.15) is 25.7 Å². The third-order valence-corrected chi connectivity index (χ3v) is 3.89. The summed E-state index contributed by atoms with van der Waals surface area (Å²) >= 11 is 0. The molecule has 4 nitrogen and oxygen atoms in total. The SMILES string of the molecule is COCCNCCCCN1CCC(CN(C)C)CC1. The van der Waals surface area contributed by atoms with Crippen LogP contribution in [0.5, 0.6) is 0 Å². The standard InChI is InChI=1S/C15H33N3O/c1-17(2)14-15-6-11-18(12-7-15)10-5-4-8-16-9-13-19-3/h15-16H,4-14H2,1-3H3. The minimum absolute atomic E-state index is 0.819. The molecule has 1 N–H and O–H groups in total. The van der Waals surface area contributed by atoms with Crippen molar-refractivity contribution in [3.63, 3.8) is 0 Å². The summed E-state index contributed by atoms with van der Waals surface area (Å²) in [6.45, 7) is 8.06. The van der Waals surface area contributed by atoms with Crippen LogP contribution >= 0.6 is 0 Å². The molecule has 0 spiro atoms. The largest absolute Gasteiger partial charge is 0.383 e. The molecule has 19 heavy (non-hydrogen) atoms. The second-order valence-corrected chi connectivity index (χ2v) is 6.00. The van der Waals surface area contributed by atoms with E-state index in [1.54, 1.807) is 7.11 Å². The van der Waals surface area contributed by atoms with Gasteiger partial charge in [0.25, 0.3) is 0 Å². The maximum absolute atomic E-state index is 5.01. The molecule has 0 aromatic carbocycles. The fraction of sp³-hybridized carbons (Fsp3) is 1.00. The number of hydrogen-bond acceptors (Lipinski definition) is 4. The number of likely N-dealkylation sites (tertiary alicyclic amines) is 1. The number of hydrogen-bond donors (Lipinski definition) is 1. The zero-order valence-corrected chi connectivity index (χ0v) is 13.2. The Morgan fingerprint density at radius 3 is 2.53 bits per heavy atom. The minimum atomic E-state index is 0.819. The molecule has 0 aliphatic carbocycles. The van der Waals surface area contributed by atoms with Gasteiger partial charge in [-0.05, 0) is 71.9 Å². The zero-order valence-electron chi connectivity index (χ0n) is 13.2. The first-order chi connectivity index (χ1) is 9.22. The second-order valence-electron chi connectivity index (χ2n) is 6.00. The van der Waals surface area contributed by atoms with Gasteiger partial charge in [-0.3, -0.25) is 0 Å². The average Bonchev–Trinajstić information content (AvgIpc) is 2.39. The van der Waals surface area contributed by atoms with Gasteiger partial charge in [-0.25, -0.2) is 0 Å². The van der Waals surface area contributed by atoms with E-state index in [0.717, 1.165) is 25.6 Å². The van der Waals surface area contributed by atoms with Gasteiger partial charge in [-0.15, -0.1) is 0 Å². The molecule has 1 saturated heterocycles. The third kappa shape index (κ3) is 8.58. The lowest BCUT2D eigenvalue weighted by Gasteiger charge is -2.33. The predicted octanol–water partition coefficient (Wildman–Crippen LogP) is 1.28. The van der Waals surface area contributed by atoms with E-state index >= 15 is 0 Å². The summed E-state index contributed by atoms with van der Waals surface area (Å²) in [6.07, 6.45) is 5.36. The van der Waals surface area contributed by atoms with E-state index in [-0.39, 0.29) is 0 Å². The van der Waals surface area contributed by atoms with E-state index in [2.05, 4.69) is 29.2 Å². The first-order valence-corrected chi connectivity index (χ1v) is 7.79. The molecule has 114 valence electrons. The summed E-state index contributed by atoms with van der Waals surface area (Å²) in [5.41, 5.74) is 0. The molecule has 1 heterocycles. The van der Waals surface area contributed by atoms with Crippen molar-refractivity contribution in [2.24, 2.45) is 5.92 Å². The zero-order chi connectivity index (χ0) is 13.9. The highest BCUT2D eigenvalue weighted by molar-refractivity contribution is 4.73. The highest BCUT2D eigenvalue weighted by Crippen LogP contribution is 2.17. The number of methoxy groups -OCH3 is 1. The second kappa shape index (κ2) is 10.6. The molecule has 0 aromatic heterocycles. The number of piperidine rings is 1. The Balaban J connectivity index is 1.92. The van der Waals surface area contributed by atoms with Crippen LogP contribution in [0, 0.1) is 5.92 Å². The van der Waals surface area contributed by atoms with Crippen molar-refractivity contribution >= 4 is 0 Å². The van der Waals surface area contributed by atoms with E-state index in [4.69, 9.17) is 4.74 Å². The molecule has 0 saturated carbocycles. The fourth-order valence-electron chi connectivity index (χ4n) is 2.79. The Kier molecular flexibility index (Phi) is 9.43. The summed E-state index contributed by atoms with van der Waals surface area (Å²) in [6, 6.07) is 0. The van der Waals surface area contributed by atoms with Crippen LogP contribution < -0.4 is 5.32 Å². The molecule has 0 unspecified atom stereocenters. The van der Waals surface area contributed by atoms with Gasteiger partial charge in [-0.2, -0.15) is 0 Å². The lowest BCUT2D eigenvalue weighted by molar-refractivity contribution is 0.160. The maximum Gasteiger partial charge on any atom is 0.0587 e. The normalized spacial score (nSPS) is 18.3. The fourth-order valence-corrected chi connectivity index (χ4v) is 2.79. The third-order valence-electron chi connectivity index (χ3n) is 3.89. The van der Waals surface area contributed by atoms with Crippen molar-refractivity contribution in [1.29, 1.82) is 0 Å². The molecule has 4 heteroatoms. The molecule has 1 aliphatic heterocycles. The monoisotopic (exact) mass is 271 g/mol. The van der Waals surface area contributed by atoms with E-state index in [1.807, 2.05) is 0 Å². The van der Waals surface area contributed by atoms with Crippen molar-refractivity contribution in [2.45, 2.75) is 25.7 Å². The predicted molar refractivity (Wildman–Crippen MR) is 81.7 cm³/mol. The number of rotatable bonds is 10. The molecule has 1 fully saturated rings. The smallest absolute Gasteiger partial charge is 0.0587 e. The van der Waals surface area contributed by atoms with E-state index in [1.165, 1.54) is 51.9 Å². The summed E-state index contributed by atoms with van der Waals surface area (Å²) in [4.78, 5) is 4.97. The van der Waals surface area contributed by atoms with Gasteiger partial charge >= 0.3 is 0 Å². The number of nitrogens with one attached hydrogen (secondary N) is 1. The molecular weight excluding hydrogens is 238 g/mol. The van der Waals surface area contributed by atoms with Crippen molar-refractivity contribution < 1.29 is 4.74 Å². The molecule has 0 amide bonds. The Morgan fingerprint density at radius 1 is 1.16 bits per heavy atom. The lowest BCUT2D eigenvalue weighted by Crippen LogP contribution is -2.37. The Bertz CT molecular complexity index is 204. The highest BCUT2D eigenvalue weighted by atomic mass is 16.5. The summed E-state index contributed by atoms with van der Waals surface area (Å²) in [5.74, 6) is 0.918. The number of nitrogens with zero attached hydrogens (tertiary/aromatic N) is 2. The van der Waals surface area contributed by atoms with Crippen molar-refractivity contribution in [3.8, 4) is 0 Å². The average molecular weight is 271 g/mol. The van der Waals surface area contributed by atoms with Gasteiger partial charge in [0.05, 0.1) is 6.61 Å². The van der Waals surface area contributed by atoms with Crippen molar-refractivity contribution in [3.05, 3.63) is 0 Å². The molecule has 1 rings (SSSR count). The minimum Gasteiger partial charge on any atom is -0.383 e. The van der Waals surface area contributed by atoms with Crippen LogP contribution in [0.4, 0.5) is 0 Å². The van der Waals surface area contributed by atoms with Crippen LogP contribution in [-0.4, -0.2) is 76.9 Å². The molecule has 0 bridgehead atoms. The van der Waals surface area contributed by atoms with Gasteiger partial charge < -0.3 is 19.9 Å². The quantitative estimate of drug-likeness (QED) is 0.606. The molecule has 0 atom stereocenters. The number of unbranched alkanes of at least 4 members (excludes halogenated alkanes) is 1. The van der Waals surface area contributed by atoms with Crippen molar-refractivity contribution in [1.82, 2.24) is 15.1 Å². The molecule has 1 aliphatic rings. The van der Waals surface area contributed by atoms with Crippen LogP contribution in [0.3, 0.4) is 0 Å². The Hall–Kier alpha value is -0.160.